The summed E-state index contributed by atoms with van der Waals surface area (Å²) < 4.78 is 39.7. The number of nitrogens with two attached hydrogens (primary N) is 1. The van der Waals surface area contributed by atoms with Gasteiger partial charge in [-0.05, 0) is 12.1 Å². The fraction of sp³-hybridized carbons (Fsp3) is 0.231. The topological polar surface area (TPSA) is 91.6 Å². The van der Waals surface area contributed by atoms with Crippen molar-refractivity contribution in [2.75, 3.05) is 5.84 Å². The molecule has 126 valence electrons. The predicted molar refractivity (Wildman–Crippen MR) is 81.7 cm³/mol. The standard InChI is InChI=1S/C13H11F3N6OS/c1-21-9(18-8-5-3-2-4-7(8)10(21)23)6-24-12-20-19-11(22(12)17)13(14,15)16/h2-5H,6,17H2,1H3. The summed E-state index contributed by atoms with van der Waals surface area (Å²) in [5.74, 6) is 4.59. The molecule has 2 N–H and O–H groups in total. The monoisotopic (exact) mass is 356 g/mol. The highest BCUT2D eigenvalue weighted by molar-refractivity contribution is 7.98. The van der Waals surface area contributed by atoms with Crippen LogP contribution in [0.5, 0.6) is 0 Å². The lowest BCUT2D eigenvalue weighted by atomic mass is 10.2. The number of para-hydroxylation sites is 1. The molecule has 0 spiro atoms. The first-order chi connectivity index (χ1) is 11.3. The molecule has 1 aromatic carbocycles. The third-order valence-electron chi connectivity index (χ3n) is 3.32. The largest absolute Gasteiger partial charge is 0.453 e. The molecule has 0 radical (unpaired) electrons. The molecule has 2 heterocycles. The molecule has 0 aliphatic heterocycles. The molecule has 0 saturated carbocycles. The first-order valence-corrected chi connectivity index (χ1v) is 7.62. The van der Waals surface area contributed by atoms with Crippen LogP contribution in [0.3, 0.4) is 0 Å². The van der Waals surface area contributed by atoms with Gasteiger partial charge in [-0.15, -0.1) is 10.2 Å². The molecule has 24 heavy (non-hydrogen) atoms. The maximum absolute atomic E-state index is 12.6. The quantitative estimate of drug-likeness (QED) is 0.566. The van der Waals surface area contributed by atoms with Gasteiger partial charge in [0, 0.05) is 7.05 Å². The lowest BCUT2D eigenvalue weighted by molar-refractivity contribution is -0.146. The van der Waals surface area contributed by atoms with Gasteiger partial charge in [0.1, 0.15) is 5.82 Å². The Kier molecular flexibility index (Phi) is 3.95. The molecule has 2 aromatic heterocycles. The molecule has 0 fully saturated rings. The van der Waals surface area contributed by atoms with Crippen LogP contribution in [0.4, 0.5) is 13.2 Å². The van der Waals surface area contributed by atoms with Crippen molar-refractivity contribution in [3.05, 3.63) is 46.3 Å². The average Bonchev–Trinajstić information content (AvgIpc) is 2.90. The highest BCUT2D eigenvalue weighted by Gasteiger charge is 2.38. The van der Waals surface area contributed by atoms with E-state index in [0.717, 1.165) is 11.8 Å². The summed E-state index contributed by atoms with van der Waals surface area (Å²) in [7, 11) is 1.55. The normalized spacial score (nSPS) is 12.0. The zero-order valence-corrected chi connectivity index (χ0v) is 13.1. The minimum atomic E-state index is -4.69. The van der Waals surface area contributed by atoms with Crippen LogP contribution in [-0.4, -0.2) is 24.4 Å². The molecule has 0 amide bonds. The van der Waals surface area contributed by atoms with Crippen LogP contribution in [0.25, 0.3) is 10.9 Å². The molecule has 3 rings (SSSR count). The number of halogens is 3. The van der Waals surface area contributed by atoms with Crippen LogP contribution in [0.1, 0.15) is 11.6 Å². The van der Waals surface area contributed by atoms with Gasteiger partial charge in [-0.3, -0.25) is 9.36 Å². The van der Waals surface area contributed by atoms with Gasteiger partial charge in [-0.25, -0.2) is 9.66 Å². The lowest BCUT2D eigenvalue weighted by Gasteiger charge is -2.09. The Morgan fingerprint density at radius 3 is 2.62 bits per heavy atom. The van der Waals surface area contributed by atoms with E-state index in [1.165, 1.54) is 4.57 Å². The summed E-state index contributed by atoms with van der Waals surface area (Å²) in [5.41, 5.74) is 0.280. The van der Waals surface area contributed by atoms with E-state index >= 15 is 0 Å². The number of aromatic nitrogens is 5. The summed E-state index contributed by atoms with van der Waals surface area (Å²) in [5, 5.41) is 6.82. The molecular weight excluding hydrogens is 345 g/mol. The van der Waals surface area contributed by atoms with E-state index in [9.17, 15) is 18.0 Å². The SMILES string of the molecule is Cn1c(CSc2nnc(C(F)(F)F)n2N)nc2ccccc2c1=O. The number of fused-ring (bicyclic) bond motifs is 1. The molecule has 0 aliphatic carbocycles. The Balaban J connectivity index is 1.91. The number of alkyl halides is 3. The molecule has 0 bridgehead atoms. The van der Waals surface area contributed by atoms with E-state index < -0.39 is 12.0 Å². The molecule has 0 aliphatic rings. The zero-order chi connectivity index (χ0) is 17.5. The number of benzene rings is 1. The maximum atomic E-state index is 12.6. The van der Waals surface area contributed by atoms with Crippen molar-refractivity contribution in [1.29, 1.82) is 0 Å². The minimum Gasteiger partial charge on any atom is -0.335 e. The van der Waals surface area contributed by atoms with Gasteiger partial charge in [0.05, 0.1) is 16.7 Å². The van der Waals surface area contributed by atoms with E-state index in [2.05, 4.69) is 15.2 Å². The average molecular weight is 356 g/mol. The van der Waals surface area contributed by atoms with Crippen LogP contribution in [0, 0.1) is 0 Å². The summed E-state index contributed by atoms with van der Waals surface area (Å²) in [4.78, 5) is 16.6. The van der Waals surface area contributed by atoms with Crippen molar-refractivity contribution in [3.63, 3.8) is 0 Å². The van der Waals surface area contributed by atoms with Gasteiger partial charge in [0.15, 0.2) is 0 Å². The van der Waals surface area contributed by atoms with Gasteiger partial charge in [0.25, 0.3) is 11.4 Å². The molecule has 11 heteroatoms. The molecular formula is C13H11F3N6OS. The van der Waals surface area contributed by atoms with Crippen molar-refractivity contribution in [2.24, 2.45) is 7.05 Å². The zero-order valence-electron chi connectivity index (χ0n) is 12.3. The van der Waals surface area contributed by atoms with E-state index in [1.807, 2.05) is 0 Å². The van der Waals surface area contributed by atoms with Crippen LogP contribution >= 0.6 is 11.8 Å². The van der Waals surface area contributed by atoms with E-state index in [-0.39, 0.29) is 16.5 Å². The smallest absolute Gasteiger partial charge is 0.335 e. The number of nitrogen functional groups attached to an aromatic ring is 1. The molecule has 7 nitrogen and oxygen atoms in total. The Morgan fingerprint density at radius 1 is 1.25 bits per heavy atom. The summed E-state index contributed by atoms with van der Waals surface area (Å²) in [6, 6.07) is 6.83. The fourth-order valence-electron chi connectivity index (χ4n) is 2.09. The second kappa shape index (κ2) is 5.82. The molecule has 3 aromatic rings. The third kappa shape index (κ3) is 2.82. The lowest BCUT2D eigenvalue weighted by Crippen LogP contribution is -2.22. The third-order valence-corrected chi connectivity index (χ3v) is 4.26. The Morgan fingerprint density at radius 2 is 1.96 bits per heavy atom. The molecule has 0 unspecified atom stereocenters. The first-order valence-electron chi connectivity index (χ1n) is 6.64. The molecule has 0 saturated heterocycles. The number of nitrogens with zero attached hydrogens (tertiary/aromatic N) is 5. The van der Waals surface area contributed by atoms with E-state index in [1.54, 1.807) is 31.3 Å². The van der Waals surface area contributed by atoms with Crippen LogP contribution in [0.15, 0.2) is 34.2 Å². The maximum Gasteiger partial charge on any atom is 0.453 e. The van der Waals surface area contributed by atoms with Gasteiger partial charge in [-0.2, -0.15) is 13.2 Å². The van der Waals surface area contributed by atoms with Crippen molar-refractivity contribution >= 4 is 22.7 Å². The van der Waals surface area contributed by atoms with Gasteiger partial charge >= 0.3 is 6.18 Å². The highest BCUT2D eigenvalue weighted by atomic mass is 32.2. The number of hydrogen-bond acceptors (Lipinski definition) is 6. The highest BCUT2D eigenvalue weighted by Crippen LogP contribution is 2.29. The van der Waals surface area contributed by atoms with Crippen LogP contribution in [-0.2, 0) is 19.0 Å². The first kappa shape index (κ1) is 16.3. The fourth-order valence-corrected chi connectivity index (χ4v) is 2.93. The van der Waals surface area contributed by atoms with E-state index in [4.69, 9.17) is 5.84 Å². The molecule has 0 atom stereocenters. The minimum absolute atomic E-state index is 0.115. The Hall–Kier alpha value is -2.56. The number of rotatable bonds is 3. The van der Waals surface area contributed by atoms with Crippen molar-refractivity contribution < 1.29 is 13.2 Å². The van der Waals surface area contributed by atoms with Crippen LogP contribution in [0.2, 0.25) is 0 Å². The summed E-state index contributed by atoms with van der Waals surface area (Å²) in [6.07, 6.45) is -4.69. The van der Waals surface area contributed by atoms with E-state index in [0.29, 0.717) is 21.4 Å². The van der Waals surface area contributed by atoms with Gasteiger partial charge in [-0.1, -0.05) is 23.9 Å². The number of thioether (sulfide) groups is 1. The predicted octanol–water partition coefficient (Wildman–Crippen LogP) is 1.55. The van der Waals surface area contributed by atoms with Crippen molar-refractivity contribution in [1.82, 2.24) is 24.4 Å². The summed E-state index contributed by atoms with van der Waals surface area (Å²) >= 11 is 0.911. The second-order valence-corrected chi connectivity index (χ2v) is 5.81. The summed E-state index contributed by atoms with van der Waals surface area (Å²) in [6.45, 7) is 0. The number of hydrogen-bond donors (Lipinski definition) is 1. The second-order valence-electron chi connectivity index (χ2n) is 4.87. The Bertz CT molecular complexity index is 964. The Labute approximate surface area is 137 Å². The van der Waals surface area contributed by atoms with Crippen molar-refractivity contribution in [3.8, 4) is 0 Å². The van der Waals surface area contributed by atoms with Gasteiger partial charge < -0.3 is 5.84 Å². The van der Waals surface area contributed by atoms with Gasteiger partial charge in [0.2, 0.25) is 5.16 Å². The van der Waals surface area contributed by atoms with Crippen LogP contribution < -0.4 is 11.4 Å². The van der Waals surface area contributed by atoms with Crippen molar-refractivity contribution in [2.45, 2.75) is 17.1 Å².